The van der Waals surface area contributed by atoms with Gasteiger partial charge in [0.25, 0.3) is 0 Å². The topological polar surface area (TPSA) is 33.1 Å². The molecule has 0 aliphatic carbocycles. The van der Waals surface area contributed by atoms with Crippen LogP contribution < -0.4 is 0 Å². The van der Waals surface area contributed by atoms with Crippen molar-refractivity contribution in [2.75, 3.05) is 0 Å². The number of rotatable bonds is 2. The number of hydrogen-bond acceptors (Lipinski definition) is 2. The highest BCUT2D eigenvalue weighted by molar-refractivity contribution is 9.13. The first kappa shape index (κ1) is 13.7. The molecule has 1 aromatic heterocycles. The zero-order valence-electron chi connectivity index (χ0n) is 10.4. The predicted octanol–water partition coefficient (Wildman–Crippen LogP) is 4.84. The minimum absolute atomic E-state index is 0.661. The molecule has 0 saturated carbocycles. The fraction of sp³-hybridized carbons (Fsp3) is 0.0625. The zero-order chi connectivity index (χ0) is 14.1. The Kier molecular flexibility index (Phi) is 3.87. The summed E-state index contributed by atoms with van der Waals surface area (Å²) in [5.41, 5.74) is 2.57. The van der Waals surface area contributed by atoms with E-state index in [1.807, 2.05) is 48.5 Å². The molecule has 1 atom stereocenters. The number of aliphatic hydroxyl groups is 1. The monoisotopic (exact) mass is 391 g/mol. The van der Waals surface area contributed by atoms with Gasteiger partial charge in [-0.3, -0.25) is 4.98 Å². The summed E-state index contributed by atoms with van der Waals surface area (Å²) in [7, 11) is 0. The van der Waals surface area contributed by atoms with E-state index in [1.165, 1.54) is 0 Å². The Labute approximate surface area is 133 Å². The van der Waals surface area contributed by atoms with Gasteiger partial charge >= 0.3 is 0 Å². The molecule has 1 N–H and O–H groups in total. The maximum Gasteiger partial charge on any atom is 0.104 e. The van der Waals surface area contributed by atoms with Crippen molar-refractivity contribution in [3.05, 3.63) is 74.8 Å². The van der Waals surface area contributed by atoms with Crippen LogP contribution in [-0.2, 0) is 0 Å². The van der Waals surface area contributed by atoms with Crippen LogP contribution in [0.2, 0.25) is 0 Å². The second kappa shape index (κ2) is 5.64. The van der Waals surface area contributed by atoms with Crippen LogP contribution in [0.25, 0.3) is 10.9 Å². The SMILES string of the molecule is OC(c1ccc(Br)c(Br)c1)c1ccc2cccnc2c1. The summed E-state index contributed by atoms with van der Waals surface area (Å²) in [6.45, 7) is 0. The van der Waals surface area contributed by atoms with E-state index >= 15 is 0 Å². The summed E-state index contributed by atoms with van der Waals surface area (Å²) in [4.78, 5) is 4.32. The highest BCUT2D eigenvalue weighted by Gasteiger charge is 2.12. The summed E-state index contributed by atoms with van der Waals surface area (Å²) in [5, 5.41) is 11.6. The number of pyridine rings is 1. The van der Waals surface area contributed by atoms with Crippen molar-refractivity contribution in [1.29, 1.82) is 0 Å². The summed E-state index contributed by atoms with van der Waals surface area (Å²) in [6.07, 6.45) is 1.10. The molecule has 0 saturated heterocycles. The molecular weight excluding hydrogens is 382 g/mol. The van der Waals surface area contributed by atoms with Gasteiger partial charge in [0.2, 0.25) is 0 Å². The number of halogens is 2. The third-order valence-electron chi connectivity index (χ3n) is 3.21. The van der Waals surface area contributed by atoms with Gasteiger partial charge in [-0.2, -0.15) is 0 Å². The molecule has 0 fully saturated rings. The van der Waals surface area contributed by atoms with Crippen molar-refractivity contribution in [3.8, 4) is 0 Å². The Bertz CT molecular complexity index is 773. The zero-order valence-corrected chi connectivity index (χ0v) is 13.6. The fourth-order valence-electron chi connectivity index (χ4n) is 2.13. The van der Waals surface area contributed by atoms with Gasteiger partial charge in [0.1, 0.15) is 6.10 Å². The van der Waals surface area contributed by atoms with Gasteiger partial charge in [0.15, 0.2) is 0 Å². The molecule has 1 unspecified atom stereocenters. The number of aliphatic hydroxyl groups excluding tert-OH is 1. The van der Waals surface area contributed by atoms with Gasteiger partial charge in [-0.05, 0) is 67.3 Å². The lowest BCUT2D eigenvalue weighted by Crippen LogP contribution is -2.00. The average Bonchev–Trinajstić information content (AvgIpc) is 2.49. The molecule has 0 spiro atoms. The highest BCUT2D eigenvalue weighted by Crippen LogP contribution is 2.30. The van der Waals surface area contributed by atoms with Crippen molar-refractivity contribution in [2.45, 2.75) is 6.10 Å². The van der Waals surface area contributed by atoms with Crippen LogP contribution >= 0.6 is 31.9 Å². The molecule has 20 heavy (non-hydrogen) atoms. The van der Waals surface area contributed by atoms with Gasteiger partial charge in [-0.25, -0.2) is 0 Å². The summed E-state index contributed by atoms with van der Waals surface area (Å²) >= 11 is 6.89. The van der Waals surface area contributed by atoms with E-state index in [0.29, 0.717) is 0 Å². The van der Waals surface area contributed by atoms with Crippen LogP contribution in [0, 0.1) is 0 Å². The highest BCUT2D eigenvalue weighted by atomic mass is 79.9. The van der Waals surface area contributed by atoms with Crippen LogP contribution in [0.4, 0.5) is 0 Å². The Balaban J connectivity index is 2.02. The molecule has 0 bridgehead atoms. The van der Waals surface area contributed by atoms with Gasteiger partial charge in [0, 0.05) is 20.5 Å². The molecule has 4 heteroatoms. The van der Waals surface area contributed by atoms with Gasteiger partial charge in [-0.1, -0.05) is 24.3 Å². The number of hydrogen-bond donors (Lipinski definition) is 1. The number of benzene rings is 2. The fourth-order valence-corrected chi connectivity index (χ4v) is 2.77. The first-order valence-electron chi connectivity index (χ1n) is 6.13. The summed E-state index contributed by atoms with van der Waals surface area (Å²) in [6, 6.07) is 15.5. The standard InChI is InChI=1S/C16H11Br2NO/c17-13-6-5-11(8-14(13)18)16(20)12-4-3-10-2-1-7-19-15(10)9-12/h1-9,16,20H. The Morgan fingerprint density at radius 1 is 0.900 bits per heavy atom. The van der Waals surface area contributed by atoms with Gasteiger partial charge in [-0.15, -0.1) is 0 Å². The molecule has 2 aromatic carbocycles. The maximum absolute atomic E-state index is 10.5. The predicted molar refractivity (Wildman–Crippen MR) is 87.6 cm³/mol. The second-order valence-corrected chi connectivity index (χ2v) is 6.24. The molecule has 0 aliphatic rings. The van der Waals surface area contributed by atoms with Crippen molar-refractivity contribution >= 4 is 42.8 Å². The van der Waals surface area contributed by atoms with E-state index < -0.39 is 6.10 Å². The summed E-state index contributed by atoms with van der Waals surface area (Å²) < 4.78 is 1.89. The number of aromatic nitrogens is 1. The lowest BCUT2D eigenvalue weighted by atomic mass is 10.0. The quantitative estimate of drug-likeness (QED) is 0.676. The molecule has 0 amide bonds. The molecule has 0 radical (unpaired) electrons. The Hall–Kier alpha value is -1.23. The Morgan fingerprint density at radius 2 is 1.65 bits per heavy atom. The van der Waals surface area contributed by atoms with E-state index in [2.05, 4.69) is 36.8 Å². The third kappa shape index (κ3) is 2.64. The molecular formula is C16H11Br2NO. The van der Waals surface area contributed by atoms with E-state index in [1.54, 1.807) is 6.20 Å². The molecule has 3 aromatic rings. The normalized spacial score (nSPS) is 12.6. The Morgan fingerprint density at radius 3 is 2.45 bits per heavy atom. The van der Waals surface area contributed by atoms with Crippen LogP contribution in [0.1, 0.15) is 17.2 Å². The molecule has 2 nitrogen and oxygen atoms in total. The first-order chi connectivity index (χ1) is 9.65. The minimum Gasteiger partial charge on any atom is -0.384 e. The smallest absolute Gasteiger partial charge is 0.104 e. The largest absolute Gasteiger partial charge is 0.384 e. The van der Waals surface area contributed by atoms with E-state index in [9.17, 15) is 5.11 Å². The van der Waals surface area contributed by atoms with Crippen LogP contribution in [0.15, 0.2) is 63.7 Å². The minimum atomic E-state index is -0.661. The third-order valence-corrected chi connectivity index (χ3v) is 5.08. The summed E-state index contributed by atoms with van der Waals surface area (Å²) in [5.74, 6) is 0. The first-order valence-corrected chi connectivity index (χ1v) is 7.71. The van der Waals surface area contributed by atoms with Crippen molar-refractivity contribution in [2.24, 2.45) is 0 Å². The number of nitrogens with zero attached hydrogens (tertiary/aromatic N) is 1. The van der Waals surface area contributed by atoms with Crippen LogP contribution in [0.3, 0.4) is 0 Å². The van der Waals surface area contributed by atoms with Crippen LogP contribution in [-0.4, -0.2) is 10.1 Å². The van der Waals surface area contributed by atoms with Gasteiger partial charge in [0.05, 0.1) is 5.52 Å². The van der Waals surface area contributed by atoms with Gasteiger partial charge < -0.3 is 5.11 Å². The van der Waals surface area contributed by atoms with Crippen molar-refractivity contribution in [3.63, 3.8) is 0 Å². The molecule has 3 rings (SSSR count). The molecule has 1 heterocycles. The maximum atomic E-state index is 10.5. The van der Waals surface area contributed by atoms with Crippen molar-refractivity contribution in [1.82, 2.24) is 4.98 Å². The van der Waals surface area contributed by atoms with Crippen LogP contribution in [0.5, 0.6) is 0 Å². The number of fused-ring (bicyclic) bond motifs is 1. The molecule has 100 valence electrons. The average molecular weight is 393 g/mol. The lowest BCUT2D eigenvalue weighted by Gasteiger charge is -2.13. The van der Waals surface area contributed by atoms with E-state index in [4.69, 9.17) is 0 Å². The second-order valence-electron chi connectivity index (χ2n) is 4.53. The van der Waals surface area contributed by atoms with E-state index in [0.717, 1.165) is 31.0 Å². The van der Waals surface area contributed by atoms with Crippen molar-refractivity contribution < 1.29 is 5.11 Å². The van der Waals surface area contributed by atoms with E-state index in [-0.39, 0.29) is 0 Å². The molecule has 0 aliphatic heterocycles. The lowest BCUT2D eigenvalue weighted by molar-refractivity contribution is 0.220.